The van der Waals surface area contributed by atoms with Gasteiger partial charge < -0.3 is 20.3 Å². The fourth-order valence-corrected chi connectivity index (χ4v) is 2.73. The highest BCUT2D eigenvalue weighted by Crippen LogP contribution is 2.12. The van der Waals surface area contributed by atoms with Gasteiger partial charge in [-0.25, -0.2) is 4.99 Å². The number of amides is 1. The van der Waals surface area contributed by atoms with Crippen LogP contribution in [0.15, 0.2) is 35.3 Å². The van der Waals surface area contributed by atoms with Crippen molar-refractivity contribution in [3.05, 3.63) is 30.3 Å². The number of carbonyl (C=O) groups is 1. The number of carbonyl (C=O) groups excluding carboxylic acids is 1. The SMILES string of the molecule is CCNC(=NCC(=O)N1CCCC1)NCC(CC)Oc1ccccc1. The molecular weight excluding hydrogens is 316 g/mol. The van der Waals surface area contributed by atoms with Gasteiger partial charge in [-0.05, 0) is 38.3 Å². The van der Waals surface area contributed by atoms with Gasteiger partial charge in [0.25, 0.3) is 0 Å². The summed E-state index contributed by atoms with van der Waals surface area (Å²) >= 11 is 0. The number of aliphatic imine (C=N–C) groups is 1. The van der Waals surface area contributed by atoms with E-state index in [2.05, 4.69) is 22.5 Å². The summed E-state index contributed by atoms with van der Waals surface area (Å²) < 4.78 is 5.98. The van der Waals surface area contributed by atoms with Gasteiger partial charge in [-0.1, -0.05) is 25.1 Å². The van der Waals surface area contributed by atoms with E-state index >= 15 is 0 Å². The molecule has 0 aliphatic carbocycles. The third kappa shape index (κ3) is 6.64. The summed E-state index contributed by atoms with van der Waals surface area (Å²) in [7, 11) is 0. The molecule has 0 radical (unpaired) electrons. The molecule has 1 amide bonds. The molecular formula is C19H30N4O2. The zero-order chi connectivity index (χ0) is 17.9. The molecule has 1 aliphatic rings. The van der Waals surface area contributed by atoms with E-state index in [0.717, 1.165) is 44.6 Å². The summed E-state index contributed by atoms with van der Waals surface area (Å²) in [6, 6.07) is 9.81. The van der Waals surface area contributed by atoms with Gasteiger partial charge in [0.1, 0.15) is 18.4 Å². The number of ether oxygens (including phenoxy) is 1. The lowest BCUT2D eigenvalue weighted by molar-refractivity contribution is -0.128. The van der Waals surface area contributed by atoms with Crippen LogP contribution in [0.1, 0.15) is 33.1 Å². The average Bonchev–Trinajstić information content (AvgIpc) is 3.18. The molecule has 1 fully saturated rings. The van der Waals surface area contributed by atoms with E-state index in [9.17, 15) is 4.79 Å². The van der Waals surface area contributed by atoms with Gasteiger partial charge in [0.2, 0.25) is 5.91 Å². The van der Waals surface area contributed by atoms with Gasteiger partial charge in [0.15, 0.2) is 5.96 Å². The molecule has 2 rings (SSSR count). The van der Waals surface area contributed by atoms with E-state index in [1.54, 1.807) is 0 Å². The van der Waals surface area contributed by atoms with Crippen LogP contribution in [0.25, 0.3) is 0 Å². The zero-order valence-electron chi connectivity index (χ0n) is 15.3. The predicted molar refractivity (Wildman–Crippen MR) is 101 cm³/mol. The molecule has 1 atom stereocenters. The Kier molecular flexibility index (Phi) is 8.09. The van der Waals surface area contributed by atoms with Crippen LogP contribution in [-0.4, -0.2) is 55.6 Å². The molecule has 0 aromatic heterocycles. The van der Waals surface area contributed by atoms with Crippen molar-refractivity contribution >= 4 is 11.9 Å². The Morgan fingerprint density at radius 2 is 1.92 bits per heavy atom. The van der Waals surface area contributed by atoms with Gasteiger partial charge in [-0.2, -0.15) is 0 Å². The van der Waals surface area contributed by atoms with Crippen LogP contribution in [0.2, 0.25) is 0 Å². The van der Waals surface area contributed by atoms with Crippen molar-refractivity contribution < 1.29 is 9.53 Å². The van der Waals surface area contributed by atoms with Gasteiger partial charge in [-0.3, -0.25) is 4.79 Å². The van der Waals surface area contributed by atoms with Crippen LogP contribution in [0.3, 0.4) is 0 Å². The maximum atomic E-state index is 12.1. The van der Waals surface area contributed by atoms with Crippen LogP contribution in [0, 0.1) is 0 Å². The molecule has 138 valence electrons. The number of para-hydroxylation sites is 1. The molecule has 1 aromatic carbocycles. The van der Waals surface area contributed by atoms with Crippen LogP contribution < -0.4 is 15.4 Å². The summed E-state index contributed by atoms with van der Waals surface area (Å²) in [5.41, 5.74) is 0. The molecule has 6 heteroatoms. The van der Waals surface area contributed by atoms with Crippen molar-refractivity contribution in [1.29, 1.82) is 0 Å². The lowest BCUT2D eigenvalue weighted by Gasteiger charge is -2.20. The van der Waals surface area contributed by atoms with E-state index in [-0.39, 0.29) is 18.6 Å². The van der Waals surface area contributed by atoms with Crippen molar-refractivity contribution in [2.75, 3.05) is 32.7 Å². The summed E-state index contributed by atoms with van der Waals surface area (Å²) in [5, 5.41) is 6.47. The topological polar surface area (TPSA) is 66.0 Å². The Morgan fingerprint density at radius 3 is 2.56 bits per heavy atom. The number of guanidine groups is 1. The molecule has 1 saturated heterocycles. The smallest absolute Gasteiger partial charge is 0.244 e. The first kappa shape index (κ1) is 19.1. The molecule has 0 bridgehead atoms. The third-order valence-corrected chi connectivity index (χ3v) is 4.17. The van der Waals surface area contributed by atoms with Crippen molar-refractivity contribution in [3.63, 3.8) is 0 Å². The second-order valence-corrected chi connectivity index (χ2v) is 6.13. The van der Waals surface area contributed by atoms with E-state index in [4.69, 9.17) is 4.74 Å². The summed E-state index contributed by atoms with van der Waals surface area (Å²) in [6.45, 7) is 7.40. The van der Waals surface area contributed by atoms with E-state index in [1.807, 2.05) is 42.2 Å². The van der Waals surface area contributed by atoms with E-state index in [0.29, 0.717) is 12.5 Å². The van der Waals surface area contributed by atoms with Crippen molar-refractivity contribution in [1.82, 2.24) is 15.5 Å². The minimum atomic E-state index is 0.0422. The minimum absolute atomic E-state index is 0.0422. The molecule has 2 N–H and O–H groups in total. The Bertz CT molecular complexity index is 542. The monoisotopic (exact) mass is 346 g/mol. The Morgan fingerprint density at radius 1 is 1.20 bits per heavy atom. The van der Waals surface area contributed by atoms with Crippen molar-refractivity contribution in [3.8, 4) is 5.75 Å². The minimum Gasteiger partial charge on any atom is -0.489 e. The Hall–Kier alpha value is -2.24. The van der Waals surface area contributed by atoms with Crippen LogP contribution in [0.4, 0.5) is 0 Å². The molecule has 6 nitrogen and oxygen atoms in total. The van der Waals surface area contributed by atoms with Crippen molar-refractivity contribution in [2.45, 2.75) is 39.2 Å². The quantitative estimate of drug-likeness (QED) is 0.558. The zero-order valence-corrected chi connectivity index (χ0v) is 15.3. The average molecular weight is 346 g/mol. The molecule has 1 aromatic rings. The molecule has 25 heavy (non-hydrogen) atoms. The number of benzene rings is 1. The maximum Gasteiger partial charge on any atom is 0.244 e. The van der Waals surface area contributed by atoms with E-state index < -0.39 is 0 Å². The first-order valence-corrected chi connectivity index (χ1v) is 9.24. The van der Waals surface area contributed by atoms with Gasteiger partial charge in [0.05, 0.1) is 6.54 Å². The molecule has 0 saturated carbocycles. The molecule has 1 unspecified atom stereocenters. The fourth-order valence-electron chi connectivity index (χ4n) is 2.73. The summed E-state index contributed by atoms with van der Waals surface area (Å²) in [5.74, 6) is 1.62. The molecule has 0 spiro atoms. The highest BCUT2D eigenvalue weighted by molar-refractivity contribution is 5.85. The normalized spacial score (nSPS) is 15.8. The summed E-state index contributed by atoms with van der Waals surface area (Å²) in [6.07, 6.45) is 3.13. The van der Waals surface area contributed by atoms with Crippen LogP contribution >= 0.6 is 0 Å². The lowest BCUT2D eigenvalue weighted by atomic mass is 10.2. The second-order valence-electron chi connectivity index (χ2n) is 6.13. The maximum absolute atomic E-state index is 12.1. The first-order chi connectivity index (χ1) is 12.2. The van der Waals surface area contributed by atoms with Gasteiger partial charge in [0, 0.05) is 19.6 Å². The number of nitrogens with one attached hydrogen (secondary N) is 2. The van der Waals surface area contributed by atoms with E-state index in [1.165, 1.54) is 0 Å². The molecule has 1 heterocycles. The predicted octanol–water partition coefficient (Wildman–Crippen LogP) is 2.02. The lowest BCUT2D eigenvalue weighted by Crippen LogP contribution is -2.43. The highest BCUT2D eigenvalue weighted by Gasteiger charge is 2.17. The largest absolute Gasteiger partial charge is 0.489 e. The molecule has 1 aliphatic heterocycles. The highest BCUT2D eigenvalue weighted by atomic mass is 16.5. The standard InChI is InChI=1S/C19H30N4O2/c1-3-16(25-17-10-6-5-7-11-17)14-21-19(20-4-2)22-15-18(24)23-12-8-9-13-23/h5-7,10-11,16H,3-4,8-9,12-15H2,1-2H3,(H2,20,21,22). The number of rotatable bonds is 8. The van der Waals surface area contributed by atoms with Crippen LogP contribution in [-0.2, 0) is 4.79 Å². The van der Waals surface area contributed by atoms with Crippen LogP contribution in [0.5, 0.6) is 5.75 Å². The number of hydrogen-bond donors (Lipinski definition) is 2. The van der Waals surface area contributed by atoms with Gasteiger partial charge in [-0.15, -0.1) is 0 Å². The second kappa shape index (κ2) is 10.6. The third-order valence-electron chi connectivity index (χ3n) is 4.17. The first-order valence-electron chi connectivity index (χ1n) is 9.24. The summed E-state index contributed by atoms with van der Waals surface area (Å²) in [4.78, 5) is 18.4. The number of likely N-dealkylation sites (tertiary alicyclic amines) is 1. The Labute approximate surface area is 150 Å². The van der Waals surface area contributed by atoms with Crippen molar-refractivity contribution in [2.24, 2.45) is 4.99 Å². The number of hydrogen-bond acceptors (Lipinski definition) is 3. The van der Waals surface area contributed by atoms with Gasteiger partial charge >= 0.3 is 0 Å². The fraction of sp³-hybridized carbons (Fsp3) is 0.579. The number of nitrogens with zero attached hydrogens (tertiary/aromatic N) is 2. The Balaban J connectivity index is 1.84.